The Labute approximate surface area is 149 Å². The minimum absolute atomic E-state index is 0. The highest BCUT2D eigenvalue weighted by Crippen LogP contribution is 2.02. The second-order valence-corrected chi connectivity index (χ2v) is 4.99. The van der Waals surface area contributed by atoms with E-state index in [0.717, 1.165) is 13.1 Å². The van der Waals surface area contributed by atoms with Crippen molar-refractivity contribution in [3.63, 3.8) is 0 Å². The molecule has 0 amide bonds. The number of pyridine rings is 2. The number of aryl methyl sites for hydroxylation is 2. The lowest BCUT2D eigenvalue weighted by Gasteiger charge is -1.99. The second kappa shape index (κ2) is 13.0. The SMILES string of the molecule is [Br-].[Br-].c1cc[n+](CCCCCCC[n+]2ccccc2)cc1. The average molecular weight is 416 g/mol. The predicted molar refractivity (Wildman–Crippen MR) is 76.4 cm³/mol. The molecule has 2 aromatic rings. The molecule has 0 N–H and O–H groups in total. The van der Waals surface area contributed by atoms with Gasteiger partial charge in [0.05, 0.1) is 0 Å². The molecule has 2 aromatic heterocycles. The van der Waals surface area contributed by atoms with Gasteiger partial charge in [-0.25, -0.2) is 9.13 Å². The Morgan fingerprint density at radius 3 is 1.14 bits per heavy atom. The van der Waals surface area contributed by atoms with Crippen LogP contribution in [0.25, 0.3) is 0 Å². The molecule has 0 spiro atoms. The van der Waals surface area contributed by atoms with E-state index in [2.05, 4.69) is 70.3 Å². The van der Waals surface area contributed by atoms with Crippen molar-refractivity contribution in [1.29, 1.82) is 0 Å². The van der Waals surface area contributed by atoms with Crippen LogP contribution in [0, 0.1) is 0 Å². The van der Waals surface area contributed by atoms with Gasteiger partial charge >= 0.3 is 0 Å². The van der Waals surface area contributed by atoms with Crippen LogP contribution in [0.4, 0.5) is 0 Å². The first-order chi connectivity index (χ1) is 9.45. The highest BCUT2D eigenvalue weighted by Gasteiger charge is 2.00. The van der Waals surface area contributed by atoms with Gasteiger partial charge in [-0.05, 0) is 12.8 Å². The van der Waals surface area contributed by atoms with Crippen LogP contribution in [0.15, 0.2) is 61.2 Å². The molecule has 0 saturated heterocycles. The first-order valence-corrected chi connectivity index (χ1v) is 7.33. The van der Waals surface area contributed by atoms with E-state index < -0.39 is 0 Å². The maximum atomic E-state index is 2.26. The molecule has 2 heterocycles. The molecule has 0 unspecified atom stereocenters. The van der Waals surface area contributed by atoms with Crippen LogP contribution in [-0.2, 0) is 13.1 Å². The fraction of sp³-hybridized carbons (Fsp3) is 0.412. The molecule has 0 saturated carbocycles. The summed E-state index contributed by atoms with van der Waals surface area (Å²) in [6, 6.07) is 12.5. The zero-order valence-electron chi connectivity index (χ0n) is 12.4. The summed E-state index contributed by atoms with van der Waals surface area (Å²) in [5, 5.41) is 0. The normalized spacial score (nSPS) is 9.52. The van der Waals surface area contributed by atoms with E-state index in [0.29, 0.717) is 0 Å². The molecule has 0 bridgehead atoms. The highest BCUT2D eigenvalue weighted by atomic mass is 79.9. The van der Waals surface area contributed by atoms with Gasteiger partial charge in [-0.2, -0.15) is 0 Å². The standard InChI is InChI=1S/C17H24N2.2BrH/c1(2-6-12-18-14-8-4-9-15-18)3-7-13-19-16-10-5-11-17-19;;/h4-5,8-11,14-17H,1-3,6-7,12-13H2;2*1H/q+2;;/p-2. The molecular formula is C17H24Br2N2. The third-order valence-corrected chi connectivity index (χ3v) is 3.39. The fourth-order valence-corrected chi connectivity index (χ4v) is 2.29. The van der Waals surface area contributed by atoms with Crippen molar-refractivity contribution in [2.45, 2.75) is 45.2 Å². The van der Waals surface area contributed by atoms with Crippen LogP contribution in [0.5, 0.6) is 0 Å². The molecule has 0 aliphatic heterocycles. The summed E-state index contributed by atoms with van der Waals surface area (Å²) in [7, 11) is 0. The Hall–Kier alpha value is -0.740. The van der Waals surface area contributed by atoms with Crippen molar-refractivity contribution in [2.24, 2.45) is 0 Å². The maximum absolute atomic E-state index is 2.26. The lowest BCUT2D eigenvalue weighted by atomic mass is 10.1. The molecule has 2 rings (SSSR count). The van der Waals surface area contributed by atoms with Crippen molar-refractivity contribution in [3.05, 3.63) is 61.2 Å². The van der Waals surface area contributed by atoms with Gasteiger partial charge in [0.25, 0.3) is 0 Å². The molecule has 4 heteroatoms. The van der Waals surface area contributed by atoms with Gasteiger partial charge in [0.1, 0.15) is 13.1 Å². The Morgan fingerprint density at radius 2 is 0.762 bits per heavy atom. The fourth-order valence-electron chi connectivity index (χ4n) is 2.29. The van der Waals surface area contributed by atoms with Crippen molar-refractivity contribution in [2.75, 3.05) is 0 Å². The first kappa shape index (κ1) is 20.3. The van der Waals surface area contributed by atoms with Crippen molar-refractivity contribution < 1.29 is 43.1 Å². The number of halogens is 2. The highest BCUT2D eigenvalue weighted by molar-refractivity contribution is 4.84. The summed E-state index contributed by atoms with van der Waals surface area (Å²) in [5.41, 5.74) is 0. The zero-order valence-corrected chi connectivity index (χ0v) is 15.5. The van der Waals surface area contributed by atoms with E-state index in [-0.39, 0.29) is 34.0 Å². The summed E-state index contributed by atoms with van der Waals surface area (Å²) < 4.78 is 4.53. The summed E-state index contributed by atoms with van der Waals surface area (Å²) in [4.78, 5) is 0. The summed E-state index contributed by atoms with van der Waals surface area (Å²) in [5.74, 6) is 0. The molecule has 0 aromatic carbocycles. The predicted octanol–water partition coefficient (Wildman–Crippen LogP) is -3.08. The van der Waals surface area contributed by atoms with E-state index in [9.17, 15) is 0 Å². The molecule has 21 heavy (non-hydrogen) atoms. The Morgan fingerprint density at radius 1 is 0.429 bits per heavy atom. The second-order valence-electron chi connectivity index (χ2n) is 4.99. The van der Waals surface area contributed by atoms with Crippen LogP contribution in [-0.4, -0.2) is 0 Å². The number of rotatable bonds is 8. The Bertz CT molecular complexity index is 405. The minimum atomic E-state index is 0. The first-order valence-electron chi connectivity index (χ1n) is 7.33. The van der Waals surface area contributed by atoms with E-state index in [4.69, 9.17) is 0 Å². The Balaban J connectivity index is 0.00000200. The molecule has 0 fully saturated rings. The largest absolute Gasteiger partial charge is 1.00 e. The van der Waals surface area contributed by atoms with E-state index >= 15 is 0 Å². The lowest BCUT2D eigenvalue weighted by Crippen LogP contribution is -3.00. The molecular weight excluding hydrogens is 392 g/mol. The average Bonchev–Trinajstić information content (AvgIpc) is 2.48. The van der Waals surface area contributed by atoms with E-state index in [1.165, 1.54) is 32.1 Å². The van der Waals surface area contributed by atoms with E-state index in [1.54, 1.807) is 0 Å². The number of nitrogens with zero attached hydrogens (tertiary/aromatic N) is 2. The maximum Gasteiger partial charge on any atom is 0.168 e. The minimum Gasteiger partial charge on any atom is -1.00 e. The van der Waals surface area contributed by atoms with Gasteiger partial charge in [-0.3, -0.25) is 0 Å². The van der Waals surface area contributed by atoms with Crippen LogP contribution < -0.4 is 43.1 Å². The summed E-state index contributed by atoms with van der Waals surface area (Å²) in [6.45, 7) is 2.29. The van der Waals surface area contributed by atoms with Gasteiger partial charge in [-0.1, -0.05) is 18.6 Å². The third kappa shape index (κ3) is 8.99. The molecule has 0 radical (unpaired) electrons. The molecule has 2 nitrogen and oxygen atoms in total. The zero-order chi connectivity index (χ0) is 13.2. The van der Waals surface area contributed by atoms with Gasteiger partial charge in [0.15, 0.2) is 24.8 Å². The monoisotopic (exact) mass is 414 g/mol. The van der Waals surface area contributed by atoms with Gasteiger partial charge in [0, 0.05) is 37.1 Å². The lowest BCUT2D eigenvalue weighted by molar-refractivity contribution is -0.697. The molecule has 116 valence electrons. The molecule has 0 aliphatic carbocycles. The summed E-state index contributed by atoms with van der Waals surface area (Å²) in [6.07, 6.45) is 15.2. The van der Waals surface area contributed by atoms with Crippen LogP contribution >= 0.6 is 0 Å². The number of hydrogen-bond acceptors (Lipinski definition) is 0. The van der Waals surface area contributed by atoms with Crippen molar-refractivity contribution in [3.8, 4) is 0 Å². The van der Waals surface area contributed by atoms with E-state index in [1.807, 2.05) is 0 Å². The topological polar surface area (TPSA) is 7.76 Å². The van der Waals surface area contributed by atoms with Gasteiger partial charge in [-0.15, -0.1) is 0 Å². The van der Waals surface area contributed by atoms with Gasteiger partial charge < -0.3 is 34.0 Å². The van der Waals surface area contributed by atoms with Crippen molar-refractivity contribution >= 4 is 0 Å². The molecule has 0 aliphatic rings. The van der Waals surface area contributed by atoms with Crippen LogP contribution in [0.3, 0.4) is 0 Å². The van der Waals surface area contributed by atoms with Crippen LogP contribution in [0.1, 0.15) is 32.1 Å². The Kier molecular flexibility index (Phi) is 12.5. The third-order valence-electron chi connectivity index (χ3n) is 3.39. The number of hydrogen-bond donors (Lipinski definition) is 0. The van der Waals surface area contributed by atoms with Crippen molar-refractivity contribution in [1.82, 2.24) is 0 Å². The molecule has 0 atom stereocenters. The van der Waals surface area contributed by atoms with Gasteiger partial charge in [0.2, 0.25) is 0 Å². The summed E-state index contributed by atoms with van der Waals surface area (Å²) >= 11 is 0. The number of unbranched alkanes of at least 4 members (excludes halogenated alkanes) is 4. The quantitative estimate of drug-likeness (QED) is 0.319. The van der Waals surface area contributed by atoms with Crippen LogP contribution in [0.2, 0.25) is 0 Å². The number of aromatic nitrogens is 2. The smallest absolute Gasteiger partial charge is 0.168 e.